The van der Waals surface area contributed by atoms with E-state index in [0.29, 0.717) is 17.5 Å². The van der Waals surface area contributed by atoms with Crippen LogP contribution in [0, 0.1) is 5.92 Å². The fraction of sp³-hybridized carbons (Fsp3) is 0.438. The Morgan fingerprint density at radius 3 is 2.70 bits per heavy atom. The van der Waals surface area contributed by atoms with Crippen LogP contribution in [0.5, 0.6) is 0 Å². The second-order valence-corrected chi connectivity index (χ2v) is 5.43. The van der Waals surface area contributed by atoms with Crippen LogP contribution in [0.3, 0.4) is 0 Å². The van der Waals surface area contributed by atoms with E-state index < -0.39 is 5.97 Å². The fourth-order valence-electron chi connectivity index (χ4n) is 2.41. The number of carbonyl (C=O) groups is 1. The second-order valence-electron chi connectivity index (χ2n) is 5.43. The Kier molecular flexibility index (Phi) is 4.45. The zero-order chi connectivity index (χ0) is 14.7. The molecule has 0 amide bonds. The van der Waals surface area contributed by atoms with Gasteiger partial charge in [-0.15, -0.1) is 0 Å². The van der Waals surface area contributed by atoms with Crippen molar-refractivity contribution in [2.45, 2.75) is 39.8 Å². The highest BCUT2D eigenvalue weighted by Crippen LogP contribution is 2.21. The molecule has 2 rings (SSSR count). The van der Waals surface area contributed by atoms with Crippen molar-refractivity contribution >= 4 is 16.9 Å². The van der Waals surface area contributed by atoms with Gasteiger partial charge < -0.3 is 14.8 Å². The average molecular weight is 275 g/mol. The molecule has 0 fully saturated rings. The average Bonchev–Trinajstić information content (AvgIpc) is 2.82. The molecule has 20 heavy (non-hydrogen) atoms. The van der Waals surface area contributed by atoms with Gasteiger partial charge in [-0.05, 0) is 36.1 Å². The van der Waals surface area contributed by atoms with Gasteiger partial charge in [0, 0.05) is 18.0 Å². The zero-order valence-electron chi connectivity index (χ0n) is 12.1. The monoisotopic (exact) mass is 275 g/mol. The van der Waals surface area contributed by atoms with Gasteiger partial charge >= 0.3 is 5.97 Å². The van der Waals surface area contributed by atoms with Gasteiger partial charge in [0.05, 0.1) is 0 Å². The third-order valence-corrected chi connectivity index (χ3v) is 3.60. The summed E-state index contributed by atoms with van der Waals surface area (Å²) in [5, 5.41) is 13.3. The molecule has 4 nitrogen and oxygen atoms in total. The fourth-order valence-corrected chi connectivity index (χ4v) is 2.41. The lowest BCUT2D eigenvalue weighted by atomic mass is 10.0. The van der Waals surface area contributed by atoms with Gasteiger partial charge in [-0.25, -0.2) is 4.79 Å². The van der Waals surface area contributed by atoms with Gasteiger partial charge in [0.1, 0.15) is 5.58 Å². The van der Waals surface area contributed by atoms with Crippen molar-refractivity contribution < 1.29 is 14.3 Å². The Hall–Kier alpha value is -1.81. The molecule has 0 saturated heterocycles. The molecule has 0 bridgehead atoms. The van der Waals surface area contributed by atoms with Crippen LogP contribution in [0.15, 0.2) is 28.7 Å². The van der Waals surface area contributed by atoms with Crippen LogP contribution in [-0.2, 0) is 6.54 Å². The van der Waals surface area contributed by atoms with Crippen molar-refractivity contribution in [2.75, 3.05) is 0 Å². The number of benzene rings is 1. The number of rotatable bonds is 6. The maximum Gasteiger partial charge on any atom is 0.371 e. The minimum absolute atomic E-state index is 0.0151. The standard InChI is InChI=1S/C16H21NO3/c1-4-13(10(2)3)17-9-11-5-6-14-12(7-11)8-15(20-14)16(18)19/h5-8,10,13,17H,4,9H2,1-3H3,(H,18,19). The van der Waals surface area contributed by atoms with E-state index in [1.807, 2.05) is 18.2 Å². The molecule has 1 aromatic heterocycles. The van der Waals surface area contributed by atoms with Gasteiger partial charge in [-0.2, -0.15) is 0 Å². The Morgan fingerprint density at radius 1 is 1.35 bits per heavy atom. The molecule has 0 saturated carbocycles. The first-order valence-corrected chi connectivity index (χ1v) is 7.00. The van der Waals surface area contributed by atoms with E-state index in [1.165, 1.54) is 0 Å². The van der Waals surface area contributed by atoms with Crippen molar-refractivity contribution in [1.29, 1.82) is 0 Å². The van der Waals surface area contributed by atoms with Crippen LogP contribution in [0.4, 0.5) is 0 Å². The topological polar surface area (TPSA) is 62.5 Å². The van der Waals surface area contributed by atoms with Gasteiger partial charge in [0.2, 0.25) is 5.76 Å². The van der Waals surface area contributed by atoms with Gasteiger partial charge in [0.25, 0.3) is 0 Å². The summed E-state index contributed by atoms with van der Waals surface area (Å²) in [4.78, 5) is 10.9. The Labute approximate surface area is 118 Å². The lowest BCUT2D eigenvalue weighted by molar-refractivity contribution is 0.0665. The number of carboxylic acids is 1. The lowest BCUT2D eigenvalue weighted by Crippen LogP contribution is -2.32. The molecule has 0 radical (unpaired) electrons. The molecule has 1 aromatic carbocycles. The van der Waals surface area contributed by atoms with Crippen LogP contribution in [0.1, 0.15) is 43.3 Å². The SMILES string of the molecule is CCC(NCc1ccc2oc(C(=O)O)cc2c1)C(C)C. The zero-order valence-corrected chi connectivity index (χ0v) is 12.1. The Morgan fingerprint density at radius 2 is 2.10 bits per heavy atom. The van der Waals surface area contributed by atoms with Gasteiger partial charge in [-0.1, -0.05) is 26.8 Å². The van der Waals surface area contributed by atoms with E-state index in [9.17, 15) is 4.79 Å². The van der Waals surface area contributed by atoms with Crippen molar-refractivity contribution in [1.82, 2.24) is 5.32 Å². The van der Waals surface area contributed by atoms with Crippen LogP contribution >= 0.6 is 0 Å². The number of carboxylic acid groups (broad SMARTS) is 1. The van der Waals surface area contributed by atoms with Crippen LogP contribution in [0.25, 0.3) is 11.0 Å². The maximum absolute atomic E-state index is 10.9. The molecule has 0 aliphatic heterocycles. The Bertz CT molecular complexity index is 601. The summed E-state index contributed by atoms with van der Waals surface area (Å²) >= 11 is 0. The van der Waals surface area contributed by atoms with Crippen LogP contribution in [0.2, 0.25) is 0 Å². The smallest absolute Gasteiger partial charge is 0.371 e. The van der Waals surface area contributed by atoms with Crippen LogP contribution < -0.4 is 5.32 Å². The van der Waals surface area contributed by atoms with Crippen LogP contribution in [-0.4, -0.2) is 17.1 Å². The molecule has 0 spiro atoms. The molecular formula is C16H21NO3. The van der Waals surface area contributed by atoms with E-state index in [0.717, 1.165) is 23.9 Å². The molecule has 1 unspecified atom stereocenters. The largest absolute Gasteiger partial charge is 0.475 e. The summed E-state index contributed by atoms with van der Waals surface area (Å²) in [6.07, 6.45) is 1.09. The number of hydrogen-bond donors (Lipinski definition) is 2. The molecule has 0 aliphatic rings. The highest BCUT2D eigenvalue weighted by atomic mass is 16.4. The molecule has 1 heterocycles. The Balaban J connectivity index is 2.13. The molecule has 2 aromatic rings. The first-order chi connectivity index (χ1) is 9.51. The van der Waals surface area contributed by atoms with Crippen molar-refractivity contribution in [2.24, 2.45) is 5.92 Å². The summed E-state index contributed by atoms with van der Waals surface area (Å²) in [5.41, 5.74) is 1.75. The second kappa shape index (κ2) is 6.09. The summed E-state index contributed by atoms with van der Waals surface area (Å²) in [6, 6.07) is 7.84. The molecule has 2 N–H and O–H groups in total. The third-order valence-electron chi connectivity index (χ3n) is 3.60. The predicted molar refractivity (Wildman–Crippen MR) is 78.9 cm³/mol. The first kappa shape index (κ1) is 14.6. The summed E-state index contributed by atoms with van der Waals surface area (Å²) in [5.74, 6) is -0.457. The predicted octanol–water partition coefficient (Wildman–Crippen LogP) is 3.66. The van der Waals surface area contributed by atoms with E-state index in [2.05, 4.69) is 26.1 Å². The number of furan rings is 1. The highest BCUT2D eigenvalue weighted by Gasteiger charge is 2.12. The minimum atomic E-state index is -1.04. The van der Waals surface area contributed by atoms with E-state index in [1.54, 1.807) is 6.07 Å². The van der Waals surface area contributed by atoms with Crippen molar-refractivity contribution in [3.05, 3.63) is 35.6 Å². The van der Waals surface area contributed by atoms with Crippen molar-refractivity contribution in [3.8, 4) is 0 Å². The quantitative estimate of drug-likeness (QED) is 0.844. The van der Waals surface area contributed by atoms with E-state index in [4.69, 9.17) is 9.52 Å². The molecule has 4 heteroatoms. The van der Waals surface area contributed by atoms with Gasteiger partial charge in [-0.3, -0.25) is 0 Å². The van der Waals surface area contributed by atoms with Gasteiger partial charge in [0.15, 0.2) is 0 Å². The first-order valence-electron chi connectivity index (χ1n) is 7.00. The molecule has 108 valence electrons. The van der Waals surface area contributed by atoms with E-state index in [-0.39, 0.29) is 5.76 Å². The minimum Gasteiger partial charge on any atom is -0.475 e. The number of aromatic carboxylic acids is 1. The maximum atomic E-state index is 10.9. The molecule has 1 atom stereocenters. The molecule has 0 aliphatic carbocycles. The summed E-state index contributed by atoms with van der Waals surface area (Å²) < 4.78 is 5.25. The normalized spacial score (nSPS) is 13.0. The summed E-state index contributed by atoms with van der Waals surface area (Å²) in [7, 11) is 0. The lowest BCUT2D eigenvalue weighted by Gasteiger charge is -2.20. The van der Waals surface area contributed by atoms with E-state index >= 15 is 0 Å². The number of fused-ring (bicyclic) bond motifs is 1. The van der Waals surface area contributed by atoms with Crippen molar-refractivity contribution in [3.63, 3.8) is 0 Å². The summed E-state index contributed by atoms with van der Waals surface area (Å²) in [6.45, 7) is 7.37. The number of hydrogen-bond acceptors (Lipinski definition) is 3. The third kappa shape index (κ3) is 3.20. The highest BCUT2D eigenvalue weighted by molar-refractivity contribution is 5.91. The molecular weight excluding hydrogens is 254 g/mol. The number of nitrogens with one attached hydrogen (secondary N) is 1.